The average molecular weight is 411 g/mol. The Morgan fingerprint density at radius 3 is 2.17 bits per heavy atom. The Hall–Kier alpha value is -2.62. The molecule has 2 aromatic rings. The second-order valence-electron chi connectivity index (χ2n) is 9.39. The van der Waals surface area contributed by atoms with Crippen LogP contribution >= 0.6 is 0 Å². The van der Waals surface area contributed by atoms with E-state index in [9.17, 15) is 14.7 Å². The Kier molecular flexibility index (Phi) is 7.46. The van der Waals surface area contributed by atoms with Crippen molar-refractivity contribution in [2.24, 2.45) is 5.92 Å². The number of benzene rings is 2. The average Bonchev–Trinajstić information content (AvgIpc) is 2.59. The van der Waals surface area contributed by atoms with Crippen LogP contribution in [-0.2, 0) is 21.4 Å². The van der Waals surface area contributed by atoms with Crippen LogP contribution in [0.15, 0.2) is 36.4 Å². The zero-order valence-electron chi connectivity index (χ0n) is 19.2. The van der Waals surface area contributed by atoms with Crippen LogP contribution in [0.1, 0.15) is 74.8 Å². The fourth-order valence-corrected chi connectivity index (χ4v) is 4.09. The molecule has 0 aliphatic heterocycles. The molecule has 0 bridgehead atoms. The number of ether oxygens (including phenoxy) is 1. The fourth-order valence-electron chi connectivity index (χ4n) is 4.09. The van der Waals surface area contributed by atoms with Crippen molar-refractivity contribution in [3.63, 3.8) is 0 Å². The van der Waals surface area contributed by atoms with Crippen molar-refractivity contribution >= 4 is 11.9 Å². The molecule has 0 aliphatic rings. The van der Waals surface area contributed by atoms with Crippen LogP contribution in [0.2, 0.25) is 0 Å². The van der Waals surface area contributed by atoms with E-state index < -0.39 is 17.3 Å². The molecule has 0 spiro atoms. The van der Waals surface area contributed by atoms with Crippen molar-refractivity contribution in [2.45, 2.75) is 72.6 Å². The molecule has 0 unspecified atom stereocenters. The molecule has 0 fully saturated rings. The summed E-state index contributed by atoms with van der Waals surface area (Å²) in [5.41, 5.74) is 4.15. The molecule has 4 heteroatoms. The van der Waals surface area contributed by atoms with Gasteiger partial charge in [-0.05, 0) is 61.4 Å². The summed E-state index contributed by atoms with van der Waals surface area (Å²) in [4.78, 5) is 24.3. The van der Waals surface area contributed by atoms with Gasteiger partial charge in [0.15, 0.2) is 0 Å². The summed E-state index contributed by atoms with van der Waals surface area (Å²) in [6.45, 7) is 13.8. The molecule has 0 aromatic heterocycles. The summed E-state index contributed by atoms with van der Waals surface area (Å²) in [7, 11) is 0. The Bertz CT molecular complexity index is 907. The van der Waals surface area contributed by atoms with Gasteiger partial charge in [-0.1, -0.05) is 58.0 Å². The third-order valence-electron chi connectivity index (χ3n) is 5.40. The third-order valence-corrected chi connectivity index (χ3v) is 5.40. The minimum atomic E-state index is -0.882. The minimum absolute atomic E-state index is 0.0473. The lowest BCUT2D eigenvalue weighted by Gasteiger charge is -2.28. The molecule has 1 atom stereocenters. The lowest BCUT2D eigenvalue weighted by Crippen LogP contribution is -2.25. The normalized spacial score (nSPS) is 12.7. The van der Waals surface area contributed by atoms with E-state index in [2.05, 4.69) is 26.0 Å². The van der Waals surface area contributed by atoms with Crippen molar-refractivity contribution in [3.05, 3.63) is 64.2 Å². The van der Waals surface area contributed by atoms with Gasteiger partial charge in [-0.25, -0.2) is 0 Å². The van der Waals surface area contributed by atoms with E-state index >= 15 is 0 Å². The van der Waals surface area contributed by atoms with Gasteiger partial charge < -0.3 is 9.84 Å². The standard InChI is InChI=1S/C26H34O4/c1-16(2)12-20-8-10-21(11-9-20)19(5)25(29)30-22-14-17(3)13-18(4)24(22)26(6,7)15-23(27)28/h8-11,13-14,16,19H,12,15H2,1-7H3,(H,27,28)/t19-/m0/s1. The molecule has 0 aliphatic carbocycles. The molecule has 2 rings (SSSR count). The van der Waals surface area contributed by atoms with Crippen LogP contribution in [-0.4, -0.2) is 17.0 Å². The van der Waals surface area contributed by atoms with Crippen LogP contribution in [0.4, 0.5) is 0 Å². The lowest BCUT2D eigenvalue weighted by molar-refractivity contribution is -0.138. The van der Waals surface area contributed by atoms with Crippen molar-refractivity contribution in [1.29, 1.82) is 0 Å². The third kappa shape index (κ3) is 5.94. The molecule has 0 radical (unpaired) electrons. The molecular weight excluding hydrogens is 376 g/mol. The zero-order chi connectivity index (χ0) is 22.6. The van der Waals surface area contributed by atoms with Crippen LogP contribution in [0.25, 0.3) is 0 Å². The van der Waals surface area contributed by atoms with Gasteiger partial charge in [-0.2, -0.15) is 0 Å². The van der Waals surface area contributed by atoms with E-state index in [-0.39, 0.29) is 12.4 Å². The Morgan fingerprint density at radius 2 is 1.63 bits per heavy atom. The first-order valence-electron chi connectivity index (χ1n) is 10.5. The predicted molar refractivity (Wildman–Crippen MR) is 120 cm³/mol. The number of rotatable bonds is 8. The van der Waals surface area contributed by atoms with Gasteiger partial charge in [-0.3, -0.25) is 9.59 Å². The maximum absolute atomic E-state index is 13.0. The highest BCUT2D eigenvalue weighted by atomic mass is 16.5. The first kappa shape index (κ1) is 23.7. The van der Waals surface area contributed by atoms with Gasteiger partial charge in [0.2, 0.25) is 0 Å². The summed E-state index contributed by atoms with van der Waals surface area (Å²) < 4.78 is 5.85. The predicted octanol–water partition coefficient (Wildman–Crippen LogP) is 5.96. The number of carbonyl (C=O) groups is 2. The summed E-state index contributed by atoms with van der Waals surface area (Å²) in [5.74, 6) is -0.618. The topological polar surface area (TPSA) is 63.6 Å². The number of aryl methyl sites for hydroxylation is 2. The van der Waals surface area contributed by atoms with E-state index in [1.165, 1.54) is 5.56 Å². The molecular formula is C26H34O4. The highest BCUT2D eigenvalue weighted by Gasteiger charge is 2.31. The zero-order valence-corrected chi connectivity index (χ0v) is 19.2. The first-order chi connectivity index (χ1) is 13.9. The van der Waals surface area contributed by atoms with E-state index in [1.54, 1.807) is 0 Å². The van der Waals surface area contributed by atoms with E-state index in [4.69, 9.17) is 4.74 Å². The molecule has 0 heterocycles. The fraction of sp³-hybridized carbons (Fsp3) is 0.462. The smallest absolute Gasteiger partial charge is 0.318 e. The van der Waals surface area contributed by atoms with Gasteiger partial charge in [0.25, 0.3) is 0 Å². The summed E-state index contributed by atoms with van der Waals surface area (Å²) >= 11 is 0. The number of aliphatic carboxylic acids is 1. The highest BCUT2D eigenvalue weighted by Crippen LogP contribution is 2.38. The van der Waals surface area contributed by atoms with E-state index in [0.29, 0.717) is 11.7 Å². The molecule has 4 nitrogen and oxygen atoms in total. The number of carboxylic acids is 1. The number of carbonyl (C=O) groups excluding carboxylic acids is 1. The Balaban J connectivity index is 2.30. The molecule has 0 amide bonds. The number of hydrogen-bond donors (Lipinski definition) is 1. The molecule has 2 aromatic carbocycles. The van der Waals surface area contributed by atoms with Crippen LogP contribution in [0, 0.1) is 19.8 Å². The molecule has 162 valence electrons. The Morgan fingerprint density at radius 1 is 1.03 bits per heavy atom. The van der Waals surface area contributed by atoms with Crippen molar-refractivity contribution in [3.8, 4) is 5.75 Å². The summed E-state index contributed by atoms with van der Waals surface area (Å²) in [6.07, 6.45) is 0.956. The minimum Gasteiger partial charge on any atom is -0.481 e. The monoisotopic (exact) mass is 410 g/mol. The number of hydrogen-bond acceptors (Lipinski definition) is 3. The van der Waals surface area contributed by atoms with Gasteiger partial charge >= 0.3 is 11.9 Å². The molecule has 30 heavy (non-hydrogen) atoms. The first-order valence-corrected chi connectivity index (χ1v) is 10.5. The quantitative estimate of drug-likeness (QED) is 0.430. The van der Waals surface area contributed by atoms with Crippen LogP contribution in [0.5, 0.6) is 5.75 Å². The summed E-state index contributed by atoms with van der Waals surface area (Å²) in [5, 5.41) is 9.33. The second kappa shape index (κ2) is 9.46. The molecule has 0 saturated heterocycles. The van der Waals surface area contributed by atoms with Crippen molar-refractivity contribution in [1.82, 2.24) is 0 Å². The summed E-state index contributed by atoms with van der Waals surface area (Å²) in [6, 6.07) is 11.9. The van der Waals surface area contributed by atoms with Gasteiger partial charge in [0.05, 0.1) is 12.3 Å². The Labute approximate surface area is 180 Å². The molecule has 1 N–H and O–H groups in total. The maximum atomic E-state index is 13.0. The number of esters is 1. The lowest BCUT2D eigenvalue weighted by atomic mass is 9.78. The largest absolute Gasteiger partial charge is 0.481 e. The van der Waals surface area contributed by atoms with E-state index in [1.807, 2.05) is 58.9 Å². The van der Waals surface area contributed by atoms with Gasteiger partial charge in [0.1, 0.15) is 5.75 Å². The van der Waals surface area contributed by atoms with Gasteiger partial charge in [-0.15, -0.1) is 0 Å². The van der Waals surface area contributed by atoms with E-state index in [0.717, 1.165) is 28.7 Å². The van der Waals surface area contributed by atoms with Crippen LogP contribution < -0.4 is 4.74 Å². The number of carboxylic acid groups (broad SMARTS) is 1. The maximum Gasteiger partial charge on any atom is 0.318 e. The highest BCUT2D eigenvalue weighted by molar-refractivity contribution is 5.80. The van der Waals surface area contributed by atoms with Crippen molar-refractivity contribution < 1.29 is 19.4 Å². The van der Waals surface area contributed by atoms with Crippen molar-refractivity contribution in [2.75, 3.05) is 0 Å². The molecule has 0 saturated carbocycles. The van der Waals surface area contributed by atoms with Gasteiger partial charge in [0, 0.05) is 11.0 Å². The van der Waals surface area contributed by atoms with Crippen LogP contribution in [0.3, 0.4) is 0 Å². The second-order valence-corrected chi connectivity index (χ2v) is 9.39. The SMILES string of the molecule is Cc1cc(C)c(C(C)(C)CC(=O)O)c(OC(=O)[C@@H](C)c2ccc(CC(C)C)cc2)c1.